The molecule has 1 aliphatic heterocycles. The Labute approximate surface area is 88.4 Å². The Morgan fingerprint density at radius 3 is 2.33 bits per heavy atom. The van der Waals surface area contributed by atoms with E-state index in [0.29, 0.717) is 4.90 Å². The number of benzene rings is 1. The fourth-order valence-corrected chi connectivity index (χ4v) is 2.11. The van der Waals surface area contributed by atoms with E-state index < -0.39 is 9.84 Å². The molecule has 2 rings (SSSR count). The SMILES string of the molecule is CS(=O)(=O)c1ccc([C@H]2O[C@@H]2CO)cc1. The van der Waals surface area contributed by atoms with E-state index in [-0.39, 0.29) is 18.8 Å². The zero-order chi connectivity index (χ0) is 11.1. The second kappa shape index (κ2) is 3.59. The summed E-state index contributed by atoms with van der Waals surface area (Å²) < 4.78 is 27.5. The molecule has 0 aliphatic carbocycles. The molecule has 1 fully saturated rings. The van der Waals surface area contributed by atoms with E-state index in [4.69, 9.17) is 9.84 Å². The second-order valence-electron chi connectivity index (χ2n) is 3.62. The highest BCUT2D eigenvalue weighted by Gasteiger charge is 2.39. The molecule has 0 saturated carbocycles. The lowest BCUT2D eigenvalue weighted by molar-refractivity contribution is 0.242. The molecule has 0 amide bonds. The summed E-state index contributed by atoms with van der Waals surface area (Å²) in [5, 5.41) is 8.80. The van der Waals surface area contributed by atoms with Gasteiger partial charge in [0.2, 0.25) is 0 Å². The largest absolute Gasteiger partial charge is 0.394 e. The minimum atomic E-state index is -3.13. The van der Waals surface area contributed by atoms with Gasteiger partial charge in [0.15, 0.2) is 9.84 Å². The van der Waals surface area contributed by atoms with Gasteiger partial charge in [0, 0.05) is 6.26 Å². The maximum Gasteiger partial charge on any atom is 0.175 e. The van der Waals surface area contributed by atoms with Gasteiger partial charge in [-0.1, -0.05) is 12.1 Å². The predicted octanol–water partition coefficient (Wildman–Crippen LogP) is 0.522. The number of hydrogen-bond donors (Lipinski definition) is 1. The van der Waals surface area contributed by atoms with Crippen molar-refractivity contribution in [2.75, 3.05) is 12.9 Å². The summed E-state index contributed by atoms with van der Waals surface area (Å²) in [7, 11) is -3.13. The lowest BCUT2D eigenvalue weighted by Crippen LogP contribution is -1.98. The van der Waals surface area contributed by atoms with Crippen LogP contribution in [0.2, 0.25) is 0 Å². The van der Waals surface area contributed by atoms with E-state index in [1.165, 1.54) is 6.26 Å². The Hall–Kier alpha value is -0.910. The minimum Gasteiger partial charge on any atom is -0.394 e. The van der Waals surface area contributed by atoms with Crippen LogP contribution in [-0.2, 0) is 14.6 Å². The van der Waals surface area contributed by atoms with E-state index in [0.717, 1.165) is 5.56 Å². The Morgan fingerprint density at radius 2 is 1.93 bits per heavy atom. The molecule has 4 nitrogen and oxygen atoms in total. The molecule has 0 spiro atoms. The van der Waals surface area contributed by atoms with Crippen molar-refractivity contribution in [3.8, 4) is 0 Å². The standard InChI is InChI=1S/C10H12O4S/c1-15(12,13)8-4-2-7(3-5-8)10-9(6-11)14-10/h2-5,9-11H,6H2,1H3/t9-,10-/m1/s1. The highest BCUT2D eigenvalue weighted by Crippen LogP contribution is 2.38. The van der Waals surface area contributed by atoms with Gasteiger partial charge in [0.25, 0.3) is 0 Å². The Kier molecular flexibility index (Phi) is 2.54. The highest BCUT2D eigenvalue weighted by molar-refractivity contribution is 7.90. The van der Waals surface area contributed by atoms with Crippen LogP contribution in [0.3, 0.4) is 0 Å². The summed E-state index contributed by atoms with van der Waals surface area (Å²) in [6, 6.07) is 6.55. The average molecular weight is 228 g/mol. The van der Waals surface area contributed by atoms with Gasteiger partial charge in [-0.25, -0.2) is 8.42 Å². The first kappa shape index (κ1) is 10.6. The van der Waals surface area contributed by atoms with E-state index in [2.05, 4.69) is 0 Å². The third-order valence-corrected chi connectivity index (χ3v) is 3.53. The molecule has 1 aromatic rings. The molecule has 2 atom stereocenters. The number of epoxide rings is 1. The smallest absolute Gasteiger partial charge is 0.175 e. The molecule has 1 heterocycles. The highest BCUT2D eigenvalue weighted by atomic mass is 32.2. The summed E-state index contributed by atoms with van der Waals surface area (Å²) >= 11 is 0. The van der Waals surface area contributed by atoms with Crippen LogP contribution in [0.4, 0.5) is 0 Å². The normalized spacial score (nSPS) is 25.2. The molecular weight excluding hydrogens is 216 g/mol. The van der Waals surface area contributed by atoms with Gasteiger partial charge in [-0.05, 0) is 17.7 Å². The fourth-order valence-electron chi connectivity index (χ4n) is 1.48. The van der Waals surface area contributed by atoms with Crippen LogP contribution in [0.1, 0.15) is 11.7 Å². The minimum absolute atomic E-state index is 0.00149. The van der Waals surface area contributed by atoms with Crippen molar-refractivity contribution < 1.29 is 18.3 Å². The first-order chi connectivity index (χ1) is 7.02. The van der Waals surface area contributed by atoms with Crippen LogP contribution >= 0.6 is 0 Å². The van der Waals surface area contributed by atoms with Crippen molar-refractivity contribution in [3.63, 3.8) is 0 Å². The van der Waals surface area contributed by atoms with Crippen LogP contribution in [0.25, 0.3) is 0 Å². The van der Waals surface area contributed by atoms with Crippen LogP contribution in [0, 0.1) is 0 Å². The lowest BCUT2D eigenvalue weighted by Gasteiger charge is -1.99. The van der Waals surface area contributed by atoms with Crippen molar-refractivity contribution in [1.29, 1.82) is 0 Å². The number of aliphatic hydroxyl groups is 1. The van der Waals surface area contributed by atoms with E-state index >= 15 is 0 Å². The molecule has 5 heteroatoms. The average Bonchev–Trinajstić information content (AvgIpc) is 2.95. The molecule has 0 aromatic heterocycles. The molecule has 0 bridgehead atoms. The van der Waals surface area contributed by atoms with Crippen molar-refractivity contribution in [1.82, 2.24) is 0 Å². The molecule has 0 radical (unpaired) electrons. The summed E-state index contributed by atoms with van der Waals surface area (Å²) in [5.41, 5.74) is 0.904. The van der Waals surface area contributed by atoms with Gasteiger partial charge in [0.1, 0.15) is 12.2 Å². The quantitative estimate of drug-likeness (QED) is 0.766. The maximum absolute atomic E-state index is 11.2. The van der Waals surface area contributed by atoms with Crippen LogP contribution in [0.5, 0.6) is 0 Å². The molecule has 0 unspecified atom stereocenters. The Morgan fingerprint density at radius 1 is 1.33 bits per heavy atom. The predicted molar refractivity (Wildman–Crippen MR) is 54.3 cm³/mol. The summed E-state index contributed by atoms with van der Waals surface area (Å²) in [6.07, 6.45) is 0.962. The third-order valence-electron chi connectivity index (χ3n) is 2.40. The van der Waals surface area contributed by atoms with Crippen LogP contribution in [-0.4, -0.2) is 32.5 Å². The second-order valence-corrected chi connectivity index (χ2v) is 5.63. The van der Waals surface area contributed by atoms with Crippen LogP contribution < -0.4 is 0 Å². The van der Waals surface area contributed by atoms with Crippen molar-refractivity contribution in [2.24, 2.45) is 0 Å². The van der Waals surface area contributed by atoms with E-state index in [1.54, 1.807) is 24.3 Å². The fraction of sp³-hybridized carbons (Fsp3) is 0.400. The van der Waals surface area contributed by atoms with Gasteiger partial charge in [-0.3, -0.25) is 0 Å². The van der Waals surface area contributed by atoms with Gasteiger partial charge < -0.3 is 9.84 Å². The molecule has 82 valence electrons. The van der Waals surface area contributed by atoms with Crippen molar-refractivity contribution in [2.45, 2.75) is 17.1 Å². The summed E-state index contributed by atoms with van der Waals surface area (Å²) in [6.45, 7) is -0.00149. The number of rotatable bonds is 3. The molecule has 1 aromatic carbocycles. The Balaban J connectivity index is 2.19. The third kappa shape index (κ3) is 2.19. The Bertz CT molecular complexity index is 449. The van der Waals surface area contributed by atoms with Gasteiger partial charge in [0.05, 0.1) is 11.5 Å². The van der Waals surface area contributed by atoms with Crippen molar-refractivity contribution >= 4 is 9.84 Å². The zero-order valence-electron chi connectivity index (χ0n) is 8.25. The van der Waals surface area contributed by atoms with E-state index in [9.17, 15) is 8.42 Å². The molecule has 1 N–H and O–H groups in total. The molecule has 1 saturated heterocycles. The summed E-state index contributed by atoms with van der Waals surface area (Å²) in [5.74, 6) is 0. The molecular formula is C10H12O4S. The van der Waals surface area contributed by atoms with Gasteiger partial charge >= 0.3 is 0 Å². The number of ether oxygens (including phenoxy) is 1. The zero-order valence-corrected chi connectivity index (χ0v) is 9.07. The topological polar surface area (TPSA) is 66.9 Å². The number of sulfone groups is 1. The molecule has 15 heavy (non-hydrogen) atoms. The first-order valence-corrected chi connectivity index (χ1v) is 6.48. The number of aliphatic hydroxyl groups excluding tert-OH is 1. The first-order valence-electron chi connectivity index (χ1n) is 4.58. The van der Waals surface area contributed by atoms with Crippen molar-refractivity contribution in [3.05, 3.63) is 29.8 Å². The summed E-state index contributed by atoms with van der Waals surface area (Å²) in [4.78, 5) is 0.299. The monoisotopic (exact) mass is 228 g/mol. The van der Waals surface area contributed by atoms with Crippen LogP contribution in [0.15, 0.2) is 29.2 Å². The molecule has 1 aliphatic rings. The maximum atomic E-state index is 11.2. The number of hydrogen-bond acceptors (Lipinski definition) is 4. The lowest BCUT2D eigenvalue weighted by atomic mass is 10.1. The van der Waals surface area contributed by atoms with Gasteiger partial charge in [-0.2, -0.15) is 0 Å². The van der Waals surface area contributed by atoms with Gasteiger partial charge in [-0.15, -0.1) is 0 Å². The van der Waals surface area contributed by atoms with E-state index in [1.807, 2.05) is 0 Å².